The maximum absolute atomic E-state index is 12.9. The molecule has 0 unspecified atom stereocenters. The molecule has 140 valence electrons. The van der Waals surface area contributed by atoms with Crippen LogP contribution in [0.4, 0.5) is 5.69 Å². The van der Waals surface area contributed by atoms with Gasteiger partial charge in [-0.05, 0) is 62.1 Å². The minimum Gasteiger partial charge on any atom is -0.351 e. The van der Waals surface area contributed by atoms with Gasteiger partial charge in [-0.15, -0.1) is 0 Å². The van der Waals surface area contributed by atoms with Gasteiger partial charge >= 0.3 is 0 Å². The van der Waals surface area contributed by atoms with Gasteiger partial charge in [0.05, 0.1) is 11.3 Å². The number of benzene rings is 1. The summed E-state index contributed by atoms with van der Waals surface area (Å²) in [5, 5.41) is 2.94. The fourth-order valence-corrected chi connectivity index (χ4v) is 4.05. The first-order chi connectivity index (χ1) is 13.2. The number of amides is 2. The Hall–Kier alpha value is -2.89. The first kappa shape index (κ1) is 17.5. The van der Waals surface area contributed by atoms with Gasteiger partial charge in [-0.25, -0.2) is 0 Å². The molecule has 3 heterocycles. The molecule has 1 aromatic heterocycles. The van der Waals surface area contributed by atoms with Crippen LogP contribution in [0.5, 0.6) is 0 Å². The molecule has 4 rings (SSSR count). The molecule has 2 aromatic rings. The zero-order valence-electron chi connectivity index (χ0n) is 15.5. The van der Waals surface area contributed by atoms with E-state index in [-0.39, 0.29) is 18.0 Å². The number of pyridine rings is 1. The van der Waals surface area contributed by atoms with Crippen LogP contribution in [0.25, 0.3) is 0 Å². The molecule has 0 radical (unpaired) electrons. The van der Waals surface area contributed by atoms with Crippen molar-refractivity contribution in [3.8, 4) is 0 Å². The van der Waals surface area contributed by atoms with Crippen LogP contribution in [0, 0.1) is 0 Å². The van der Waals surface area contributed by atoms with Crippen molar-refractivity contribution in [2.45, 2.75) is 38.9 Å². The zero-order valence-corrected chi connectivity index (χ0v) is 15.5. The smallest absolute Gasteiger partial charge is 0.257 e. The van der Waals surface area contributed by atoms with Gasteiger partial charge in [-0.2, -0.15) is 0 Å². The highest BCUT2D eigenvalue weighted by molar-refractivity contribution is 6.04. The maximum atomic E-state index is 12.9. The number of nitrogens with zero attached hydrogens (tertiary/aromatic N) is 3. The minimum absolute atomic E-state index is 0.0862. The summed E-state index contributed by atoms with van der Waals surface area (Å²) in [6.45, 7) is 4.17. The molecule has 6 nitrogen and oxygen atoms in total. The topological polar surface area (TPSA) is 65.5 Å². The van der Waals surface area contributed by atoms with E-state index in [1.54, 1.807) is 24.5 Å². The van der Waals surface area contributed by atoms with Crippen molar-refractivity contribution in [1.29, 1.82) is 0 Å². The average Bonchev–Trinajstić information content (AvgIpc) is 2.73. The number of nitrogens with one attached hydrogen (secondary N) is 1. The van der Waals surface area contributed by atoms with Gasteiger partial charge in [-0.1, -0.05) is 0 Å². The predicted molar refractivity (Wildman–Crippen MR) is 104 cm³/mol. The lowest BCUT2D eigenvalue weighted by Crippen LogP contribution is -2.57. The van der Waals surface area contributed by atoms with Crippen molar-refractivity contribution in [2.24, 2.45) is 0 Å². The van der Waals surface area contributed by atoms with Crippen LogP contribution >= 0.6 is 0 Å². The molecule has 2 aliphatic rings. The summed E-state index contributed by atoms with van der Waals surface area (Å²) in [5.74, 6) is -0.0488. The lowest BCUT2D eigenvalue weighted by Gasteiger charge is -2.47. The third-order valence-corrected chi connectivity index (χ3v) is 5.43. The molecule has 2 amide bonds. The first-order valence-corrected chi connectivity index (χ1v) is 9.58. The Labute approximate surface area is 159 Å². The van der Waals surface area contributed by atoms with E-state index in [1.165, 1.54) is 0 Å². The molecule has 1 aromatic carbocycles. The Bertz CT molecular complexity index is 853. The molecular formula is C21H24N4O2. The quantitative estimate of drug-likeness (QED) is 0.906. The maximum Gasteiger partial charge on any atom is 0.257 e. The number of hydrogen-bond acceptors (Lipinski definition) is 4. The van der Waals surface area contributed by atoms with E-state index >= 15 is 0 Å². The molecule has 1 atom stereocenters. The Morgan fingerprint density at radius 3 is 2.81 bits per heavy atom. The molecule has 1 fully saturated rings. The monoisotopic (exact) mass is 364 g/mol. The van der Waals surface area contributed by atoms with E-state index in [0.717, 1.165) is 43.6 Å². The number of carbonyl (C=O) groups is 2. The highest BCUT2D eigenvalue weighted by atomic mass is 16.2. The normalized spacial score (nSPS) is 18.7. The second kappa shape index (κ2) is 7.39. The third kappa shape index (κ3) is 3.27. The van der Waals surface area contributed by atoms with Gasteiger partial charge in [0.2, 0.25) is 0 Å². The first-order valence-electron chi connectivity index (χ1n) is 9.58. The fraction of sp³-hybridized carbons (Fsp3) is 0.381. The van der Waals surface area contributed by atoms with E-state index in [9.17, 15) is 9.59 Å². The molecule has 0 spiro atoms. The second-order valence-corrected chi connectivity index (χ2v) is 7.03. The van der Waals surface area contributed by atoms with E-state index in [4.69, 9.17) is 0 Å². The minimum atomic E-state index is -0.135. The number of rotatable bonds is 4. The standard InChI is InChI=1S/C21H24N4O2/c1-2-24-18-13-16(20(26)23-14-15-8-10-22-11-9-15)6-7-17(18)21(27)25-12-4-3-5-19(24)25/h6-11,13,19H,2-5,12,14H2,1H3,(H,23,26)/t19-/m1/s1. The predicted octanol–water partition coefficient (Wildman–Crippen LogP) is 2.80. The average molecular weight is 364 g/mol. The SMILES string of the molecule is CCN1c2cc(C(=O)NCc3ccncc3)ccc2C(=O)N2CCCC[C@@H]21. The van der Waals surface area contributed by atoms with Crippen LogP contribution in [0.15, 0.2) is 42.7 Å². The van der Waals surface area contributed by atoms with Crippen molar-refractivity contribution in [3.05, 3.63) is 59.4 Å². The van der Waals surface area contributed by atoms with Gasteiger partial charge in [0, 0.05) is 37.6 Å². The summed E-state index contributed by atoms with van der Waals surface area (Å²) in [5.41, 5.74) is 3.15. The molecule has 0 aliphatic carbocycles. The Morgan fingerprint density at radius 1 is 1.22 bits per heavy atom. The van der Waals surface area contributed by atoms with Crippen molar-refractivity contribution in [2.75, 3.05) is 18.0 Å². The highest BCUT2D eigenvalue weighted by Gasteiger charge is 2.38. The van der Waals surface area contributed by atoms with E-state index in [1.807, 2.05) is 23.1 Å². The summed E-state index contributed by atoms with van der Waals surface area (Å²) in [6, 6.07) is 9.17. The number of aromatic nitrogens is 1. The van der Waals surface area contributed by atoms with Crippen molar-refractivity contribution < 1.29 is 9.59 Å². The van der Waals surface area contributed by atoms with Crippen molar-refractivity contribution in [3.63, 3.8) is 0 Å². The van der Waals surface area contributed by atoms with Crippen molar-refractivity contribution in [1.82, 2.24) is 15.2 Å². The summed E-state index contributed by atoms with van der Waals surface area (Å²) in [7, 11) is 0. The molecule has 2 aliphatic heterocycles. The van der Waals surface area contributed by atoms with Gasteiger partial charge < -0.3 is 15.1 Å². The van der Waals surface area contributed by atoms with Crippen LogP contribution in [0.3, 0.4) is 0 Å². The van der Waals surface area contributed by atoms with Gasteiger partial charge in [0.25, 0.3) is 11.8 Å². The number of carbonyl (C=O) groups excluding carboxylic acids is 2. The van der Waals surface area contributed by atoms with Crippen LogP contribution < -0.4 is 10.2 Å². The van der Waals surface area contributed by atoms with Crippen LogP contribution in [0.1, 0.15) is 52.5 Å². The second-order valence-electron chi connectivity index (χ2n) is 7.03. The third-order valence-electron chi connectivity index (χ3n) is 5.43. The van der Waals surface area contributed by atoms with E-state index in [2.05, 4.69) is 22.1 Å². The lowest BCUT2D eigenvalue weighted by atomic mass is 9.97. The van der Waals surface area contributed by atoms with Crippen LogP contribution in [-0.2, 0) is 6.54 Å². The fourth-order valence-electron chi connectivity index (χ4n) is 4.05. The van der Waals surface area contributed by atoms with Gasteiger partial charge in [0.1, 0.15) is 6.17 Å². The van der Waals surface area contributed by atoms with Crippen LogP contribution in [0.2, 0.25) is 0 Å². The number of anilines is 1. The van der Waals surface area contributed by atoms with Gasteiger partial charge in [-0.3, -0.25) is 14.6 Å². The molecule has 0 bridgehead atoms. The summed E-state index contributed by atoms with van der Waals surface area (Å²) < 4.78 is 0. The summed E-state index contributed by atoms with van der Waals surface area (Å²) >= 11 is 0. The van der Waals surface area contributed by atoms with Crippen LogP contribution in [-0.4, -0.2) is 41.0 Å². The molecule has 1 N–H and O–H groups in total. The largest absolute Gasteiger partial charge is 0.351 e. The van der Waals surface area contributed by atoms with Gasteiger partial charge in [0.15, 0.2) is 0 Å². The molecule has 1 saturated heterocycles. The Balaban J connectivity index is 1.58. The zero-order chi connectivity index (χ0) is 18.8. The number of hydrogen-bond donors (Lipinski definition) is 1. The molecular weight excluding hydrogens is 340 g/mol. The lowest BCUT2D eigenvalue weighted by molar-refractivity contribution is 0.0582. The summed E-state index contributed by atoms with van der Waals surface area (Å²) in [6.07, 6.45) is 6.70. The molecule has 27 heavy (non-hydrogen) atoms. The van der Waals surface area contributed by atoms with Crippen molar-refractivity contribution >= 4 is 17.5 Å². The highest BCUT2D eigenvalue weighted by Crippen LogP contribution is 2.35. The van der Waals surface area contributed by atoms with E-state index in [0.29, 0.717) is 17.7 Å². The Kier molecular flexibility index (Phi) is 4.79. The molecule has 0 saturated carbocycles. The summed E-state index contributed by atoms with van der Waals surface area (Å²) in [4.78, 5) is 33.7. The Morgan fingerprint density at radius 2 is 2.04 bits per heavy atom. The number of fused-ring (bicyclic) bond motifs is 2. The molecule has 6 heteroatoms. The number of piperidine rings is 1. The van der Waals surface area contributed by atoms with E-state index < -0.39 is 0 Å².